The van der Waals surface area contributed by atoms with Gasteiger partial charge in [0.1, 0.15) is 0 Å². The van der Waals surface area contributed by atoms with Crippen LogP contribution in [0.4, 0.5) is 0 Å². The molecule has 0 saturated heterocycles. The molecule has 0 aromatic heterocycles. The average Bonchev–Trinajstić information content (AvgIpc) is 2.72. The van der Waals surface area contributed by atoms with E-state index in [9.17, 15) is 9.90 Å². The summed E-state index contributed by atoms with van der Waals surface area (Å²) in [5, 5.41) is 9.91. The summed E-state index contributed by atoms with van der Waals surface area (Å²) in [7, 11) is 0. The first-order valence-corrected chi connectivity index (χ1v) is 12.3. The fraction of sp³-hybridized carbons (Fsp3) is 0.880. The fourth-order valence-corrected chi connectivity index (χ4v) is 3.13. The normalized spacial score (nSPS) is 12.5. The molecule has 1 N–H and O–H groups in total. The summed E-state index contributed by atoms with van der Waals surface area (Å²) >= 11 is 0. The van der Waals surface area contributed by atoms with E-state index in [0.29, 0.717) is 19.6 Å². The molecule has 172 valence electrons. The largest absolute Gasteiger partial charge is 0.466 e. The van der Waals surface area contributed by atoms with Crippen LogP contribution in [0, 0.1) is 0 Å². The van der Waals surface area contributed by atoms with Gasteiger partial charge in [-0.3, -0.25) is 4.79 Å². The second-order valence-electron chi connectivity index (χ2n) is 8.06. The molecule has 0 bridgehead atoms. The number of aliphatic hydroxyl groups excluding tert-OH is 1. The molecule has 4 nitrogen and oxygen atoms in total. The maximum atomic E-state index is 11.6. The molecule has 0 radical (unpaired) electrons. The molecule has 0 fully saturated rings. The van der Waals surface area contributed by atoms with Gasteiger partial charge in [-0.2, -0.15) is 0 Å². The van der Waals surface area contributed by atoms with Crippen LogP contribution in [0.5, 0.6) is 0 Å². The Bertz CT molecular complexity index is 368. The highest BCUT2D eigenvalue weighted by molar-refractivity contribution is 5.69. The van der Waals surface area contributed by atoms with E-state index in [0.717, 1.165) is 64.4 Å². The molecule has 0 unspecified atom stereocenters. The van der Waals surface area contributed by atoms with Gasteiger partial charge in [-0.1, -0.05) is 77.4 Å². The molecule has 0 aromatic carbocycles. The van der Waals surface area contributed by atoms with Crippen LogP contribution in [-0.2, 0) is 14.3 Å². The molecule has 0 aliphatic carbocycles. The Morgan fingerprint density at radius 1 is 0.793 bits per heavy atom. The van der Waals surface area contributed by atoms with Crippen molar-refractivity contribution in [3.8, 4) is 0 Å². The lowest BCUT2D eigenvalue weighted by Gasteiger charge is -2.07. The number of ether oxygens (including phenoxy) is 2. The Kier molecular flexibility index (Phi) is 22.7. The number of carbonyl (C=O) groups excluding carboxylic acids is 1. The van der Waals surface area contributed by atoms with E-state index in [-0.39, 0.29) is 12.1 Å². The van der Waals surface area contributed by atoms with E-state index in [1.165, 1.54) is 38.5 Å². The molecule has 0 spiro atoms. The van der Waals surface area contributed by atoms with Crippen molar-refractivity contribution in [3.63, 3.8) is 0 Å². The van der Waals surface area contributed by atoms with Gasteiger partial charge >= 0.3 is 5.97 Å². The molecule has 0 aliphatic heterocycles. The third-order valence-corrected chi connectivity index (χ3v) is 5.06. The van der Waals surface area contributed by atoms with Crippen molar-refractivity contribution in [2.45, 2.75) is 123 Å². The van der Waals surface area contributed by atoms with E-state index in [1.54, 1.807) is 0 Å². The maximum absolute atomic E-state index is 11.6. The fourth-order valence-electron chi connectivity index (χ4n) is 3.13. The van der Waals surface area contributed by atoms with Crippen LogP contribution in [0.2, 0.25) is 0 Å². The lowest BCUT2D eigenvalue weighted by atomic mass is 10.1. The van der Waals surface area contributed by atoms with Gasteiger partial charge in [0.25, 0.3) is 0 Å². The van der Waals surface area contributed by atoms with Gasteiger partial charge in [-0.05, 0) is 38.5 Å². The summed E-state index contributed by atoms with van der Waals surface area (Å²) in [5.74, 6) is -0.0743. The van der Waals surface area contributed by atoms with E-state index >= 15 is 0 Å². The van der Waals surface area contributed by atoms with Crippen LogP contribution >= 0.6 is 0 Å². The zero-order chi connectivity index (χ0) is 21.4. The molecule has 0 heterocycles. The van der Waals surface area contributed by atoms with Crippen LogP contribution in [0.3, 0.4) is 0 Å². The van der Waals surface area contributed by atoms with Gasteiger partial charge in [-0.25, -0.2) is 0 Å². The molecule has 0 aliphatic rings. The van der Waals surface area contributed by atoms with Gasteiger partial charge in [-0.15, -0.1) is 0 Å². The van der Waals surface area contributed by atoms with E-state index in [2.05, 4.69) is 26.0 Å². The lowest BCUT2D eigenvalue weighted by molar-refractivity contribution is -0.144. The second kappa shape index (κ2) is 23.4. The topological polar surface area (TPSA) is 55.8 Å². The van der Waals surface area contributed by atoms with Crippen molar-refractivity contribution in [1.82, 2.24) is 0 Å². The minimum atomic E-state index is -0.170. The number of hydrogen-bond donors (Lipinski definition) is 1. The van der Waals surface area contributed by atoms with Crippen molar-refractivity contribution in [2.24, 2.45) is 0 Å². The minimum absolute atomic E-state index is 0.0743. The van der Waals surface area contributed by atoms with Crippen LogP contribution < -0.4 is 0 Å². The smallest absolute Gasteiger partial charge is 0.305 e. The number of aliphatic hydroxyl groups is 1. The van der Waals surface area contributed by atoms with Crippen molar-refractivity contribution < 1.29 is 19.4 Å². The molecule has 0 amide bonds. The summed E-state index contributed by atoms with van der Waals surface area (Å²) in [5.41, 5.74) is 0. The first kappa shape index (κ1) is 28.1. The predicted octanol–water partition coefficient (Wildman–Crippen LogP) is 6.74. The van der Waals surface area contributed by atoms with Gasteiger partial charge in [0.15, 0.2) is 0 Å². The number of unbranched alkanes of at least 4 members (excludes halogenated alkanes) is 9. The van der Waals surface area contributed by atoms with Crippen LogP contribution in [0.25, 0.3) is 0 Å². The minimum Gasteiger partial charge on any atom is -0.466 e. The third-order valence-electron chi connectivity index (χ3n) is 5.06. The zero-order valence-electron chi connectivity index (χ0n) is 19.3. The Balaban J connectivity index is 3.30. The molecular formula is C25H48O4. The quantitative estimate of drug-likeness (QED) is 0.121. The highest BCUT2D eigenvalue weighted by Gasteiger charge is 2.03. The monoisotopic (exact) mass is 412 g/mol. The molecule has 0 rings (SSSR count). The molecule has 0 aromatic rings. The Hall–Kier alpha value is -0.870. The Morgan fingerprint density at radius 3 is 2.28 bits per heavy atom. The molecular weight excluding hydrogens is 364 g/mol. The highest BCUT2D eigenvalue weighted by atomic mass is 16.5. The standard InChI is InChI=1S/C25H48O4/c1-3-5-7-14-18-24(26)19-15-12-10-8-9-11-13-16-20-25(27)29-23-17-22-28-21-6-4-2/h12,15,24,26H,3-11,13-14,16-23H2,1-2H3/b15-12-/t24-/m1/s1. The maximum Gasteiger partial charge on any atom is 0.305 e. The zero-order valence-corrected chi connectivity index (χ0v) is 19.3. The van der Waals surface area contributed by atoms with Crippen molar-refractivity contribution >= 4 is 5.97 Å². The summed E-state index contributed by atoms with van der Waals surface area (Å²) in [6, 6.07) is 0. The van der Waals surface area contributed by atoms with E-state index in [1.807, 2.05) is 0 Å². The van der Waals surface area contributed by atoms with Crippen LogP contribution in [0.15, 0.2) is 12.2 Å². The number of rotatable bonds is 22. The summed E-state index contributed by atoms with van der Waals surface area (Å²) in [6.07, 6.45) is 21.0. The SMILES string of the molecule is CCCCCC[C@@H](O)C/C=C\CCCCCCCC(=O)OCCCOCCCC. The van der Waals surface area contributed by atoms with Crippen molar-refractivity contribution in [3.05, 3.63) is 12.2 Å². The summed E-state index contributed by atoms with van der Waals surface area (Å²) in [6.45, 7) is 6.32. The van der Waals surface area contributed by atoms with Gasteiger partial charge < -0.3 is 14.6 Å². The van der Waals surface area contributed by atoms with Crippen molar-refractivity contribution in [1.29, 1.82) is 0 Å². The molecule has 1 atom stereocenters. The summed E-state index contributed by atoms with van der Waals surface area (Å²) in [4.78, 5) is 11.6. The Morgan fingerprint density at radius 2 is 1.48 bits per heavy atom. The number of esters is 1. The third kappa shape index (κ3) is 23.3. The van der Waals surface area contributed by atoms with Gasteiger partial charge in [0.05, 0.1) is 12.7 Å². The predicted molar refractivity (Wildman–Crippen MR) is 122 cm³/mol. The van der Waals surface area contributed by atoms with Crippen LogP contribution in [0.1, 0.15) is 117 Å². The number of hydrogen-bond acceptors (Lipinski definition) is 4. The van der Waals surface area contributed by atoms with Crippen LogP contribution in [-0.4, -0.2) is 37.0 Å². The first-order chi connectivity index (χ1) is 14.2. The van der Waals surface area contributed by atoms with Gasteiger partial charge in [0, 0.05) is 26.1 Å². The first-order valence-electron chi connectivity index (χ1n) is 12.3. The highest BCUT2D eigenvalue weighted by Crippen LogP contribution is 2.10. The summed E-state index contributed by atoms with van der Waals surface area (Å²) < 4.78 is 10.7. The molecule has 0 saturated carbocycles. The van der Waals surface area contributed by atoms with E-state index in [4.69, 9.17) is 9.47 Å². The van der Waals surface area contributed by atoms with E-state index < -0.39 is 0 Å². The van der Waals surface area contributed by atoms with Crippen molar-refractivity contribution in [2.75, 3.05) is 19.8 Å². The van der Waals surface area contributed by atoms with Gasteiger partial charge in [0.2, 0.25) is 0 Å². The number of carbonyl (C=O) groups is 1. The average molecular weight is 413 g/mol. The number of allylic oxidation sites excluding steroid dienone is 1. The lowest BCUT2D eigenvalue weighted by Crippen LogP contribution is -2.08. The Labute approximate surface area is 180 Å². The molecule has 4 heteroatoms. The second-order valence-corrected chi connectivity index (χ2v) is 8.06. The molecule has 29 heavy (non-hydrogen) atoms.